The highest BCUT2D eigenvalue weighted by molar-refractivity contribution is 7.89. The largest absolute Gasteiger partial charge is 0.257 e. The molecule has 2 rings (SSSR count). The van der Waals surface area contributed by atoms with Gasteiger partial charge in [0.2, 0.25) is 0 Å². The molecule has 0 radical (unpaired) electrons. The standard InChI is InChI=1S/C11H19N3O2S/c1-4-12-17(15,16)11-7-10(9-5-6-9)13-14(11)8(2)3/h7-9,12H,4-6H2,1-3H3. The summed E-state index contributed by atoms with van der Waals surface area (Å²) in [6.07, 6.45) is 2.24. The highest BCUT2D eigenvalue weighted by Gasteiger charge is 2.30. The summed E-state index contributed by atoms with van der Waals surface area (Å²) in [7, 11) is -3.42. The van der Waals surface area contributed by atoms with Crippen molar-refractivity contribution in [2.45, 2.75) is 50.6 Å². The maximum Gasteiger partial charge on any atom is 0.257 e. The first kappa shape index (κ1) is 12.6. The molecule has 1 fully saturated rings. The molecule has 6 heteroatoms. The second kappa shape index (κ2) is 4.42. The molecule has 96 valence electrons. The Hall–Kier alpha value is -0.880. The van der Waals surface area contributed by atoms with Crippen LogP contribution in [-0.2, 0) is 10.0 Å². The average molecular weight is 257 g/mol. The fourth-order valence-electron chi connectivity index (χ4n) is 1.81. The highest BCUT2D eigenvalue weighted by Crippen LogP contribution is 2.40. The summed E-state index contributed by atoms with van der Waals surface area (Å²) in [5.74, 6) is 0.463. The van der Waals surface area contributed by atoms with Gasteiger partial charge in [-0.15, -0.1) is 0 Å². The molecular formula is C11H19N3O2S. The predicted molar refractivity (Wildman–Crippen MR) is 65.4 cm³/mol. The Morgan fingerprint density at radius 2 is 2.18 bits per heavy atom. The molecule has 1 aliphatic carbocycles. The molecule has 1 aromatic heterocycles. The molecule has 0 saturated heterocycles. The van der Waals surface area contributed by atoms with E-state index in [2.05, 4.69) is 9.82 Å². The van der Waals surface area contributed by atoms with E-state index in [1.165, 1.54) is 0 Å². The lowest BCUT2D eigenvalue weighted by atomic mass is 10.3. The van der Waals surface area contributed by atoms with Crippen molar-refractivity contribution >= 4 is 10.0 Å². The van der Waals surface area contributed by atoms with Crippen LogP contribution in [0.4, 0.5) is 0 Å². The third-order valence-corrected chi connectivity index (χ3v) is 4.34. The number of hydrogen-bond acceptors (Lipinski definition) is 3. The minimum Gasteiger partial charge on any atom is -0.250 e. The van der Waals surface area contributed by atoms with E-state index >= 15 is 0 Å². The Kier molecular flexibility index (Phi) is 3.27. The zero-order valence-electron chi connectivity index (χ0n) is 10.5. The number of hydrogen-bond donors (Lipinski definition) is 1. The summed E-state index contributed by atoms with van der Waals surface area (Å²) >= 11 is 0. The van der Waals surface area contributed by atoms with E-state index in [1.54, 1.807) is 17.7 Å². The van der Waals surface area contributed by atoms with E-state index < -0.39 is 10.0 Å². The zero-order valence-corrected chi connectivity index (χ0v) is 11.3. The van der Waals surface area contributed by atoms with Gasteiger partial charge < -0.3 is 0 Å². The van der Waals surface area contributed by atoms with Gasteiger partial charge in [0.25, 0.3) is 10.0 Å². The van der Waals surface area contributed by atoms with Gasteiger partial charge in [-0.05, 0) is 26.7 Å². The first-order chi connectivity index (χ1) is 7.95. The fraction of sp³-hybridized carbons (Fsp3) is 0.727. The molecule has 1 aromatic rings. The summed E-state index contributed by atoms with van der Waals surface area (Å²) in [6, 6.07) is 1.77. The van der Waals surface area contributed by atoms with E-state index in [4.69, 9.17) is 0 Å². The van der Waals surface area contributed by atoms with E-state index in [9.17, 15) is 8.42 Å². The molecular weight excluding hydrogens is 238 g/mol. The topological polar surface area (TPSA) is 64.0 Å². The van der Waals surface area contributed by atoms with Gasteiger partial charge in [-0.1, -0.05) is 6.92 Å². The summed E-state index contributed by atoms with van der Waals surface area (Å²) < 4.78 is 28.2. The van der Waals surface area contributed by atoms with Crippen LogP contribution in [0.25, 0.3) is 0 Å². The number of rotatable bonds is 5. The second-order valence-corrected chi connectivity index (χ2v) is 6.44. The van der Waals surface area contributed by atoms with Gasteiger partial charge in [-0.2, -0.15) is 5.10 Å². The second-order valence-electron chi connectivity index (χ2n) is 4.72. The van der Waals surface area contributed by atoms with Crippen LogP contribution in [0.5, 0.6) is 0 Å². The van der Waals surface area contributed by atoms with Crippen LogP contribution in [0.1, 0.15) is 51.3 Å². The lowest BCUT2D eigenvalue weighted by Crippen LogP contribution is -2.26. The van der Waals surface area contributed by atoms with Crippen molar-refractivity contribution in [1.29, 1.82) is 0 Å². The highest BCUT2D eigenvalue weighted by atomic mass is 32.2. The van der Waals surface area contributed by atoms with Crippen molar-refractivity contribution in [2.24, 2.45) is 0 Å². The van der Waals surface area contributed by atoms with E-state index in [0.717, 1.165) is 18.5 Å². The predicted octanol–water partition coefficient (Wildman–Crippen LogP) is 1.64. The van der Waals surface area contributed by atoms with Gasteiger partial charge in [0.1, 0.15) is 0 Å². The van der Waals surface area contributed by atoms with Gasteiger partial charge in [0, 0.05) is 24.6 Å². The Bertz CT molecular complexity index is 501. The zero-order chi connectivity index (χ0) is 12.6. The maximum atomic E-state index is 12.0. The number of nitrogens with zero attached hydrogens (tertiary/aromatic N) is 2. The Morgan fingerprint density at radius 3 is 2.65 bits per heavy atom. The summed E-state index contributed by atoms with van der Waals surface area (Å²) in [5.41, 5.74) is 0.912. The molecule has 1 N–H and O–H groups in total. The van der Waals surface area contributed by atoms with E-state index in [1.807, 2.05) is 13.8 Å². The van der Waals surface area contributed by atoms with Gasteiger partial charge >= 0.3 is 0 Å². The summed E-state index contributed by atoms with van der Waals surface area (Å²) in [6.45, 7) is 6.04. The third kappa shape index (κ3) is 2.52. The molecule has 0 aromatic carbocycles. The van der Waals surface area contributed by atoms with Gasteiger partial charge in [-0.25, -0.2) is 13.1 Å². The van der Waals surface area contributed by atoms with Crippen molar-refractivity contribution in [3.63, 3.8) is 0 Å². The van der Waals surface area contributed by atoms with Gasteiger partial charge in [-0.3, -0.25) is 4.68 Å². The van der Waals surface area contributed by atoms with Crippen LogP contribution in [0.15, 0.2) is 11.1 Å². The smallest absolute Gasteiger partial charge is 0.250 e. The van der Waals surface area contributed by atoms with Crippen molar-refractivity contribution in [3.05, 3.63) is 11.8 Å². The molecule has 0 aliphatic heterocycles. The molecule has 0 unspecified atom stereocenters. The first-order valence-corrected chi connectivity index (χ1v) is 7.53. The SMILES string of the molecule is CCNS(=O)(=O)c1cc(C2CC2)nn1C(C)C. The Balaban J connectivity index is 2.43. The summed E-state index contributed by atoms with van der Waals surface area (Å²) in [5, 5.41) is 4.71. The van der Waals surface area contributed by atoms with Crippen LogP contribution in [-0.4, -0.2) is 24.7 Å². The van der Waals surface area contributed by atoms with Crippen molar-refractivity contribution in [1.82, 2.24) is 14.5 Å². The van der Waals surface area contributed by atoms with Crippen LogP contribution in [0.2, 0.25) is 0 Å². The minimum absolute atomic E-state index is 0.0472. The van der Waals surface area contributed by atoms with Crippen molar-refractivity contribution < 1.29 is 8.42 Å². The third-order valence-electron chi connectivity index (χ3n) is 2.81. The van der Waals surface area contributed by atoms with E-state index in [-0.39, 0.29) is 11.1 Å². The van der Waals surface area contributed by atoms with Crippen LogP contribution >= 0.6 is 0 Å². The van der Waals surface area contributed by atoms with E-state index in [0.29, 0.717) is 12.5 Å². The van der Waals surface area contributed by atoms with Gasteiger partial charge in [0.05, 0.1) is 5.69 Å². The molecule has 0 amide bonds. The Morgan fingerprint density at radius 1 is 1.53 bits per heavy atom. The lowest BCUT2D eigenvalue weighted by molar-refractivity contribution is 0.473. The van der Waals surface area contributed by atoms with Crippen LogP contribution < -0.4 is 4.72 Å². The molecule has 1 saturated carbocycles. The quantitative estimate of drug-likeness (QED) is 0.872. The molecule has 1 aliphatic rings. The van der Waals surface area contributed by atoms with Crippen molar-refractivity contribution in [2.75, 3.05) is 6.54 Å². The summed E-state index contributed by atoms with van der Waals surface area (Å²) in [4.78, 5) is 0. The monoisotopic (exact) mass is 257 g/mol. The van der Waals surface area contributed by atoms with Crippen molar-refractivity contribution in [3.8, 4) is 0 Å². The Labute approximate surface area is 102 Å². The molecule has 0 atom stereocenters. The minimum atomic E-state index is -3.42. The number of aromatic nitrogens is 2. The van der Waals surface area contributed by atoms with Crippen LogP contribution in [0.3, 0.4) is 0 Å². The van der Waals surface area contributed by atoms with Crippen LogP contribution in [0, 0.1) is 0 Å². The molecule has 17 heavy (non-hydrogen) atoms. The lowest BCUT2D eigenvalue weighted by Gasteiger charge is -2.11. The average Bonchev–Trinajstić information content (AvgIpc) is 2.96. The molecule has 5 nitrogen and oxygen atoms in total. The molecule has 0 bridgehead atoms. The van der Waals surface area contributed by atoms with Gasteiger partial charge in [0.15, 0.2) is 5.03 Å². The first-order valence-electron chi connectivity index (χ1n) is 6.04. The maximum absolute atomic E-state index is 12.0. The fourth-order valence-corrected chi connectivity index (χ4v) is 3.11. The normalized spacial score (nSPS) is 16.7. The molecule has 1 heterocycles. The molecule has 0 spiro atoms. The number of sulfonamides is 1. The number of nitrogens with one attached hydrogen (secondary N) is 1.